The predicted molar refractivity (Wildman–Crippen MR) is 107 cm³/mol. The zero-order chi connectivity index (χ0) is 19.4. The molecule has 3 fully saturated rings. The summed E-state index contributed by atoms with van der Waals surface area (Å²) in [4.78, 5) is 11.0. The molecule has 0 spiro atoms. The van der Waals surface area contributed by atoms with Crippen LogP contribution in [0, 0.1) is 40.4 Å². The molecule has 0 aromatic carbocycles. The molecule has 0 saturated heterocycles. The van der Waals surface area contributed by atoms with E-state index in [4.69, 9.17) is 5.11 Å². The van der Waals surface area contributed by atoms with Crippen molar-refractivity contribution in [2.24, 2.45) is 40.4 Å². The lowest BCUT2D eigenvalue weighted by molar-refractivity contribution is -0.131. The predicted octanol–water partition coefficient (Wildman–Crippen LogP) is 5.20. The number of hydrogen-bond donors (Lipinski definition) is 2. The van der Waals surface area contributed by atoms with Gasteiger partial charge in [-0.25, -0.2) is 4.79 Å². The van der Waals surface area contributed by atoms with E-state index in [1.165, 1.54) is 38.2 Å². The highest BCUT2D eigenvalue weighted by atomic mass is 16.4. The highest BCUT2D eigenvalue weighted by molar-refractivity contribution is 5.79. The Bertz CT molecular complexity index is 665. The van der Waals surface area contributed by atoms with Gasteiger partial charge in [0.25, 0.3) is 0 Å². The number of carboxylic acid groups (broad SMARTS) is 1. The first-order valence-electron chi connectivity index (χ1n) is 11.0. The van der Waals surface area contributed by atoms with Crippen molar-refractivity contribution in [2.75, 3.05) is 0 Å². The molecule has 8 atom stereocenters. The van der Waals surface area contributed by atoms with Crippen molar-refractivity contribution in [1.82, 2.24) is 0 Å². The molecule has 150 valence electrons. The summed E-state index contributed by atoms with van der Waals surface area (Å²) in [5, 5.41) is 19.1. The van der Waals surface area contributed by atoms with E-state index in [9.17, 15) is 9.90 Å². The minimum atomic E-state index is -0.831. The smallest absolute Gasteiger partial charge is 0.327 e. The number of allylic oxidation sites excluding steroid dienone is 2. The summed E-state index contributed by atoms with van der Waals surface area (Å²) in [7, 11) is 0. The van der Waals surface area contributed by atoms with Crippen LogP contribution < -0.4 is 0 Å². The van der Waals surface area contributed by atoms with Gasteiger partial charge in [0, 0.05) is 6.08 Å². The fraction of sp³-hybridized carbons (Fsp3) is 0.792. The summed E-state index contributed by atoms with van der Waals surface area (Å²) in [6, 6.07) is 0. The van der Waals surface area contributed by atoms with Crippen LogP contribution in [0.25, 0.3) is 0 Å². The normalized spacial score (nSPS) is 47.7. The van der Waals surface area contributed by atoms with Gasteiger partial charge in [0.05, 0.1) is 6.10 Å². The van der Waals surface area contributed by atoms with E-state index in [-0.39, 0.29) is 6.10 Å². The number of aliphatic carboxylic acids is 1. The van der Waals surface area contributed by atoms with Gasteiger partial charge in [-0.05, 0) is 91.8 Å². The van der Waals surface area contributed by atoms with Gasteiger partial charge in [-0.3, -0.25) is 0 Å². The molecule has 0 amide bonds. The molecule has 4 rings (SSSR count). The van der Waals surface area contributed by atoms with Crippen LogP contribution in [0.2, 0.25) is 0 Å². The maximum Gasteiger partial charge on any atom is 0.327 e. The average Bonchev–Trinajstić information content (AvgIpc) is 2.97. The van der Waals surface area contributed by atoms with Crippen LogP contribution in [-0.4, -0.2) is 22.3 Å². The summed E-state index contributed by atoms with van der Waals surface area (Å²) in [6.45, 7) is 7.20. The molecule has 0 radical (unpaired) electrons. The van der Waals surface area contributed by atoms with Crippen LogP contribution in [0.4, 0.5) is 0 Å². The van der Waals surface area contributed by atoms with Gasteiger partial charge in [-0.1, -0.05) is 38.5 Å². The fourth-order valence-electron chi connectivity index (χ4n) is 7.91. The number of rotatable bonds is 3. The Morgan fingerprint density at radius 1 is 1.19 bits per heavy atom. The quantitative estimate of drug-likeness (QED) is 0.528. The lowest BCUT2D eigenvalue weighted by Crippen LogP contribution is -2.50. The zero-order valence-corrected chi connectivity index (χ0v) is 17.2. The Balaban J connectivity index is 1.58. The number of carboxylic acids is 1. The highest BCUT2D eigenvalue weighted by Gasteiger charge is 2.58. The third-order valence-corrected chi connectivity index (χ3v) is 9.33. The third-order valence-electron chi connectivity index (χ3n) is 9.33. The minimum absolute atomic E-state index is 0.132. The molecule has 4 aliphatic rings. The molecule has 4 aliphatic carbocycles. The van der Waals surface area contributed by atoms with E-state index in [2.05, 4.69) is 26.8 Å². The SMILES string of the molecule is C[C@H](C=CC(=O)O)[C@H]1CC[C@H]2[C@@H]3CC=C4C[C@@H](O)CC[C@]4(C)[C@H]3CC[C@]12C. The Hall–Kier alpha value is -1.09. The third kappa shape index (κ3) is 3.01. The van der Waals surface area contributed by atoms with Crippen LogP contribution >= 0.6 is 0 Å². The van der Waals surface area contributed by atoms with Gasteiger partial charge in [-0.2, -0.15) is 0 Å². The summed E-state index contributed by atoms with van der Waals surface area (Å²) in [6.07, 6.45) is 14.9. The standard InChI is InChI=1S/C24H36O3/c1-15(4-9-22(26)27)19-7-8-20-18-6-5-16-14-17(25)10-12-23(16,2)21(18)11-13-24(19,20)3/h4-5,9,15,17-21,25H,6-8,10-14H2,1-3H3,(H,26,27)/t15-,17+,18+,19-,20+,21+,23+,24-/m1/s1. The number of fused-ring (bicyclic) bond motifs is 5. The molecule has 0 aliphatic heterocycles. The van der Waals surface area contributed by atoms with Crippen LogP contribution in [0.5, 0.6) is 0 Å². The molecule has 0 aromatic heterocycles. The molecule has 3 heteroatoms. The Morgan fingerprint density at radius 3 is 2.70 bits per heavy atom. The zero-order valence-electron chi connectivity index (χ0n) is 17.2. The monoisotopic (exact) mass is 372 g/mol. The molecule has 0 unspecified atom stereocenters. The van der Waals surface area contributed by atoms with Crippen molar-refractivity contribution in [1.29, 1.82) is 0 Å². The summed E-state index contributed by atoms with van der Waals surface area (Å²) in [5.74, 6) is 2.42. The largest absolute Gasteiger partial charge is 0.478 e. The van der Waals surface area contributed by atoms with Gasteiger partial charge >= 0.3 is 5.97 Å². The van der Waals surface area contributed by atoms with Crippen LogP contribution in [0.15, 0.2) is 23.8 Å². The maximum atomic E-state index is 11.0. The maximum absolute atomic E-state index is 11.0. The Labute approximate surface area is 163 Å². The molecule has 0 aromatic rings. The van der Waals surface area contributed by atoms with Gasteiger partial charge in [0.1, 0.15) is 0 Å². The van der Waals surface area contributed by atoms with Crippen LogP contribution in [-0.2, 0) is 4.79 Å². The van der Waals surface area contributed by atoms with E-state index in [0.29, 0.717) is 22.7 Å². The molecule has 27 heavy (non-hydrogen) atoms. The molecular formula is C24H36O3. The molecule has 0 bridgehead atoms. The van der Waals surface area contributed by atoms with Crippen molar-refractivity contribution in [3.05, 3.63) is 23.8 Å². The van der Waals surface area contributed by atoms with Crippen molar-refractivity contribution < 1.29 is 15.0 Å². The second-order valence-electron chi connectivity index (χ2n) is 10.4. The fourth-order valence-corrected chi connectivity index (χ4v) is 7.91. The number of aliphatic hydroxyl groups excluding tert-OH is 1. The van der Waals surface area contributed by atoms with Crippen molar-refractivity contribution >= 4 is 5.97 Å². The molecule has 0 heterocycles. The van der Waals surface area contributed by atoms with E-state index in [1.807, 2.05) is 6.08 Å². The van der Waals surface area contributed by atoms with E-state index in [0.717, 1.165) is 37.0 Å². The lowest BCUT2D eigenvalue weighted by Gasteiger charge is -2.58. The highest BCUT2D eigenvalue weighted by Crippen LogP contribution is 2.67. The molecule has 3 saturated carbocycles. The van der Waals surface area contributed by atoms with Gasteiger partial charge in [0.2, 0.25) is 0 Å². The van der Waals surface area contributed by atoms with Gasteiger partial charge in [-0.15, -0.1) is 0 Å². The van der Waals surface area contributed by atoms with E-state index in [1.54, 1.807) is 5.57 Å². The molecule has 2 N–H and O–H groups in total. The second-order valence-corrected chi connectivity index (χ2v) is 10.4. The number of carbonyl (C=O) groups is 1. The van der Waals surface area contributed by atoms with E-state index >= 15 is 0 Å². The summed E-state index contributed by atoms with van der Waals surface area (Å²) in [5.41, 5.74) is 2.19. The topological polar surface area (TPSA) is 57.5 Å². The first-order chi connectivity index (χ1) is 12.8. The van der Waals surface area contributed by atoms with Crippen molar-refractivity contribution in [3.63, 3.8) is 0 Å². The Kier molecular flexibility index (Phi) is 4.81. The second kappa shape index (κ2) is 6.76. The number of hydrogen-bond acceptors (Lipinski definition) is 2. The van der Waals surface area contributed by atoms with Crippen molar-refractivity contribution in [2.45, 2.75) is 78.2 Å². The van der Waals surface area contributed by atoms with Crippen molar-refractivity contribution in [3.8, 4) is 0 Å². The number of aliphatic hydroxyl groups is 1. The summed E-state index contributed by atoms with van der Waals surface area (Å²) < 4.78 is 0. The van der Waals surface area contributed by atoms with Crippen LogP contribution in [0.1, 0.15) is 72.1 Å². The first kappa shape index (κ1) is 19.2. The first-order valence-corrected chi connectivity index (χ1v) is 11.0. The Morgan fingerprint density at radius 2 is 1.96 bits per heavy atom. The van der Waals surface area contributed by atoms with Gasteiger partial charge in [0.15, 0.2) is 0 Å². The van der Waals surface area contributed by atoms with Gasteiger partial charge < -0.3 is 10.2 Å². The minimum Gasteiger partial charge on any atom is -0.478 e. The summed E-state index contributed by atoms with van der Waals surface area (Å²) >= 11 is 0. The lowest BCUT2D eigenvalue weighted by atomic mass is 9.47. The molecule has 3 nitrogen and oxygen atoms in total. The average molecular weight is 373 g/mol. The van der Waals surface area contributed by atoms with Crippen LogP contribution in [0.3, 0.4) is 0 Å². The molecular weight excluding hydrogens is 336 g/mol. The van der Waals surface area contributed by atoms with E-state index < -0.39 is 5.97 Å².